The van der Waals surface area contributed by atoms with Crippen LogP contribution in [0.2, 0.25) is 0 Å². The van der Waals surface area contributed by atoms with Gasteiger partial charge in [0.2, 0.25) is 0 Å². The van der Waals surface area contributed by atoms with Gasteiger partial charge in [-0.2, -0.15) is 0 Å². The van der Waals surface area contributed by atoms with E-state index in [0.717, 1.165) is 61.9 Å². The highest BCUT2D eigenvalue weighted by Gasteiger charge is 2.24. The van der Waals surface area contributed by atoms with Gasteiger partial charge in [-0.15, -0.1) is 0 Å². The molecule has 7 heteroatoms. The minimum Gasteiger partial charge on any atom is -0.393 e. The smallest absolute Gasteiger partial charge is 0.135 e. The van der Waals surface area contributed by atoms with Gasteiger partial charge in [0.1, 0.15) is 23.8 Å². The number of benzene rings is 2. The number of nitrogens with one attached hydrogen (secondary N) is 1. The lowest BCUT2D eigenvalue weighted by molar-refractivity contribution is 0.159. The molecule has 0 unspecified atom stereocenters. The average molecular weight is 448 g/mol. The molecule has 33 heavy (non-hydrogen) atoms. The van der Waals surface area contributed by atoms with Gasteiger partial charge in [-0.25, -0.2) is 14.4 Å². The molecule has 5 rings (SSSR count). The van der Waals surface area contributed by atoms with Crippen LogP contribution in [-0.4, -0.2) is 52.3 Å². The average Bonchev–Trinajstić information content (AvgIpc) is 2.85. The Balaban J connectivity index is 1.25. The number of aliphatic hydroxyl groups is 1. The maximum Gasteiger partial charge on any atom is 0.135 e. The quantitative estimate of drug-likeness (QED) is 0.614. The van der Waals surface area contributed by atoms with Gasteiger partial charge >= 0.3 is 0 Å². The first kappa shape index (κ1) is 21.8. The van der Waals surface area contributed by atoms with E-state index in [9.17, 15) is 9.50 Å². The Kier molecular flexibility index (Phi) is 6.24. The normalized spacial score (nSPS) is 19.7. The molecular formula is C26H30FN5O. The highest BCUT2D eigenvalue weighted by atomic mass is 19.1. The molecule has 1 aliphatic heterocycles. The van der Waals surface area contributed by atoms with Crippen molar-refractivity contribution in [2.24, 2.45) is 0 Å². The minimum absolute atomic E-state index is 0.198. The summed E-state index contributed by atoms with van der Waals surface area (Å²) in [6, 6.07) is 15.3. The maximum absolute atomic E-state index is 13.3. The third-order valence-corrected chi connectivity index (χ3v) is 6.91. The van der Waals surface area contributed by atoms with Crippen molar-refractivity contribution >= 4 is 17.3 Å². The Hall–Kier alpha value is -3.03. The predicted octanol–water partition coefficient (Wildman–Crippen LogP) is 4.09. The van der Waals surface area contributed by atoms with E-state index in [1.807, 2.05) is 24.3 Å². The molecule has 0 saturated carbocycles. The lowest BCUT2D eigenvalue weighted by atomic mass is 9.88. The molecule has 172 valence electrons. The molecule has 1 fully saturated rings. The van der Waals surface area contributed by atoms with Crippen molar-refractivity contribution in [3.05, 3.63) is 77.4 Å². The number of nitrogens with zero attached hydrogens (tertiary/aromatic N) is 4. The van der Waals surface area contributed by atoms with E-state index in [0.29, 0.717) is 6.42 Å². The van der Waals surface area contributed by atoms with Crippen LogP contribution in [0.15, 0.2) is 54.9 Å². The first-order valence-corrected chi connectivity index (χ1v) is 11.7. The third kappa shape index (κ3) is 4.84. The summed E-state index contributed by atoms with van der Waals surface area (Å²) in [6.45, 7) is 5.74. The molecule has 1 aliphatic carbocycles. The first-order chi connectivity index (χ1) is 16.1. The monoisotopic (exact) mass is 447 g/mol. The molecular weight excluding hydrogens is 417 g/mol. The molecule has 2 aromatic carbocycles. The zero-order chi connectivity index (χ0) is 22.8. The van der Waals surface area contributed by atoms with Crippen molar-refractivity contribution in [3.8, 4) is 0 Å². The molecule has 0 spiro atoms. The largest absolute Gasteiger partial charge is 0.393 e. The SMILES string of the molecule is C[C@@H](c1ccc(F)cc1)N1CCN(c2cc(Nc3cccc4c3C[C@H](O)CC4)ncn2)CC1. The van der Waals surface area contributed by atoms with Crippen LogP contribution in [-0.2, 0) is 12.8 Å². The van der Waals surface area contributed by atoms with Crippen LogP contribution in [0.1, 0.15) is 36.1 Å². The van der Waals surface area contributed by atoms with E-state index in [1.54, 1.807) is 6.33 Å². The van der Waals surface area contributed by atoms with Gasteiger partial charge in [-0.3, -0.25) is 4.90 Å². The molecule has 0 radical (unpaired) electrons. The fraction of sp³-hybridized carbons (Fsp3) is 0.385. The summed E-state index contributed by atoms with van der Waals surface area (Å²) >= 11 is 0. The van der Waals surface area contributed by atoms with Gasteiger partial charge in [0, 0.05) is 50.4 Å². The number of piperazine rings is 1. The van der Waals surface area contributed by atoms with Crippen LogP contribution >= 0.6 is 0 Å². The Morgan fingerprint density at radius 1 is 1.06 bits per heavy atom. The summed E-state index contributed by atoms with van der Waals surface area (Å²) in [5.74, 6) is 1.47. The molecule has 1 saturated heterocycles. The zero-order valence-corrected chi connectivity index (χ0v) is 18.9. The van der Waals surface area contributed by atoms with Crippen LogP contribution in [0, 0.1) is 5.82 Å². The van der Waals surface area contributed by atoms with E-state index in [4.69, 9.17) is 0 Å². The number of hydrogen-bond acceptors (Lipinski definition) is 6. The van der Waals surface area contributed by atoms with Crippen LogP contribution in [0.4, 0.5) is 21.7 Å². The van der Waals surface area contributed by atoms with Gasteiger partial charge in [-0.1, -0.05) is 24.3 Å². The molecule has 2 atom stereocenters. The number of aliphatic hydroxyl groups excluding tert-OH is 1. The molecule has 2 aliphatic rings. The number of hydrogen-bond donors (Lipinski definition) is 2. The lowest BCUT2D eigenvalue weighted by Gasteiger charge is -2.38. The molecule has 0 bridgehead atoms. The number of halogens is 1. The summed E-state index contributed by atoms with van der Waals surface area (Å²) in [5.41, 5.74) is 4.62. The van der Waals surface area contributed by atoms with E-state index < -0.39 is 0 Å². The second-order valence-corrected chi connectivity index (χ2v) is 8.98. The highest BCUT2D eigenvalue weighted by molar-refractivity contribution is 5.65. The number of anilines is 3. The van der Waals surface area contributed by atoms with Crippen molar-refractivity contribution in [2.75, 3.05) is 36.4 Å². The predicted molar refractivity (Wildman–Crippen MR) is 128 cm³/mol. The summed E-state index contributed by atoms with van der Waals surface area (Å²) < 4.78 is 13.3. The summed E-state index contributed by atoms with van der Waals surface area (Å²) in [7, 11) is 0. The van der Waals surface area contributed by atoms with Crippen LogP contribution < -0.4 is 10.2 Å². The van der Waals surface area contributed by atoms with Crippen LogP contribution in [0.25, 0.3) is 0 Å². The molecule has 2 N–H and O–H groups in total. The number of aryl methyl sites for hydroxylation is 1. The lowest BCUT2D eigenvalue weighted by Crippen LogP contribution is -2.47. The molecule has 1 aromatic heterocycles. The standard InChI is InChI=1S/C26H30FN5O/c1-18(19-5-8-21(27)9-6-19)31-11-13-32(14-12-31)26-16-25(28-17-29-26)30-24-4-2-3-20-7-10-22(33)15-23(20)24/h2-6,8-9,16-18,22,33H,7,10-15H2,1H3,(H,28,29,30)/t18-,22+/m0/s1. The van der Waals surface area contributed by atoms with Gasteiger partial charge in [0.15, 0.2) is 0 Å². The van der Waals surface area contributed by atoms with E-state index >= 15 is 0 Å². The summed E-state index contributed by atoms with van der Waals surface area (Å²) in [4.78, 5) is 13.7. The maximum atomic E-state index is 13.3. The molecule has 3 aromatic rings. The third-order valence-electron chi connectivity index (χ3n) is 6.91. The van der Waals surface area contributed by atoms with Gasteiger partial charge in [0.25, 0.3) is 0 Å². The zero-order valence-electron chi connectivity index (χ0n) is 18.9. The molecule has 0 amide bonds. The number of fused-ring (bicyclic) bond motifs is 1. The van der Waals surface area contributed by atoms with Crippen LogP contribution in [0.3, 0.4) is 0 Å². The van der Waals surface area contributed by atoms with E-state index in [1.165, 1.54) is 23.3 Å². The van der Waals surface area contributed by atoms with Crippen molar-refractivity contribution in [3.63, 3.8) is 0 Å². The minimum atomic E-state index is -0.282. The fourth-order valence-electron chi connectivity index (χ4n) is 4.90. The van der Waals surface area contributed by atoms with Gasteiger partial charge < -0.3 is 15.3 Å². The van der Waals surface area contributed by atoms with E-state index in [-0.39, 0.29) is 18.0 Å². The number of rotatable bonds is 5. The Bertz CT molecular complexity index is 1100. The number of aromatic nitrogens is 2. The molecule has 6 nitrogen and oxygen atoms in total. The Morgan fingerprint density at radius 2 is 1.85 bits per heavy atom. The summed E-state index contributed by atoms with van der Waals surface area (Å²) in [6.07, 6.45) is 3.72. The van der Waals surface area contributed by atoms with Crippen molar-refractivity contribution in [1.29, 1.82) is 0 Å². The summed E-state index contributed by atoms with van der Waals surface area (Å²) in [5, 5.41) is 13.6. The fourth-order valence-corrected chi connectivity index (χ4v) is 4.90. The Morgan fingerprint density at radius 3 is 2.64 bits per heavy atom. The van der Waals surface area contributed by atoms with Crippen LogP contribution in [0.5, 0.6) is 0 Å². The van der Waals surface area contributed by atoms with Crippen molar-refractivity contribution in [1.82, 2.24) is 14.9 Å². The second kappa shape index (κ2) is 9.45. The Labute approximate surface area is 194 Å². The van der Waals surface area contributed by atoms with Crippen molar-refractivity contribution < 1.29 is 9.50 Å². The topological polar surface area (TPSA) is 64.5 Å². The molecule has 2 heterocycles. The second-order valence-electron chi connectivity index (χ2n) is 8.98. The van der Waals surface area contributed by atoms with E-state index in [2.05, 4.69) is 44.1 Å². The first-order valence-electron chi connectivity index (χ1n) is 11.7. The van der Waals surface area contributed by atoms with Crippen molar-refractivity contribution in [2.45, 2.75) is 38.3 Å². The highest BCUT2D eigenvalue weighted by Crippen LogP contribution is 2.30. The van der Waals surface area contributed by atoms with Gasteiger partial charge in [0.05, 0.1) is 6.10 Å². The van der Waals surface area contributed by atoms with Gasteiger partial charge in [-0.05, 0) is 54.7 Å².